The molecule has 0 unspecified atom stereocenters. The van der Waals surface area contributed by atoms with Gasteiger partial charge in [-0.2, -0.15) is 0 Å². The van der Waals surface area contributed by atoms with Gasteiger partial charge in [0.2, 0.25) is 5.91 Å². The third-order valence-corrected chi connectivity index (χ3v) is 6.14. The average Bonchev–Trinajstić information content (AvgIpc) is 3.16. The van der Waals surface area contributed by atoms with Crippen LogP contribution in [0.4, 0.5) is 0 Å². The van der Waals surface area contributed by atoms with E-state index >= 15 is 0 Å². The van der Waals surface area contributed by atoms with Crippen LogP contribution in [-0.4, -0.2) is 36.0 Å². The van der Waals surface area contributed by atoms with E-state index in [9.17, 15) is 4.79 Å². The number of thiazole rings is 1. The van der Waals surface area contributed by atoms with Crippen molar-refractivity contribution < 1.29 is 9.53 Å². The van der Waals surface area contributed by atoms with Crippen LogP contribution in [-0.2, 0) is 4.79 Å². The van der Waals surface area contributed by atoms with E-state index in [0.717, 1.165) is 47.8 Å². The lowest BCUT2D eigenvalue weighted by molar-refractivity contribution is -0.127. The summed E-state index contributed by atoms with van der Waals surface area (Å²) in [6.07, 6.45) is 5.58. The van der Waals surface area contributed by atoms with Gasteiger partial charge in [0.25, 0.3) is 0 Å². The van der Waals surface area contributed by atoms with Crippen LogP contribution in [0.1, 0.15) is 29.3 Å². The fourth-order valence-corrected chi connectivity index (χ4v) is 4.61. The molecule has 5 heteroatoms. The van der Waals surface area contributed by atoms with E-state index in [4.69, 9.17) is 9.72 Å². The van der Waals surface area contributed by atoms with Crippen LogP contribution in [0.2, 0.25) is 0 Å². The predicted molar refractivity (Wildman–Crippen MR) is 110 cm³/mol. The van der Waals surface area contributed by atoms with Gasteiger partial charge < -0.3 is 9.64 Å². The molecule has 0 radical (unpaired) electrons. The number of ether oxygens (including phenoxy) is 1. The Morgan fingerprint density at radius 2 is 2.04 bits per heavy atom. The highest BCUT2D eigenvalue weighted by atomic mass is 32.1. The van der Waals surface area contributed by atoms with E-state index in [0.29, 0.717) is 5.92 Å². The molecule has 0 bridgehead atoms. The summed E-state index contributed by atoms with van der Waals surface area (Å²) < 4.78 is 6.56. The SMILES string of the molecule is COc1ccccc1/C=C/C(=O)N1CCC[C@H](c2nc3ccccc3s2)C1. The molecule has 27 heavy (non-hydrogen) atoms. The molecule has 1 aliphatic rings. The summed E-state index contributed by atoms with van der Waals surface area (Å²) in [4.78, 5) is 19.4. The number of hydrogen-bond acceptors (Lipinski definition) is 4. The average molecular weight is 378 g/mol. The van der Waals surface area contributed by atoms with Gasteiger partial charge in [0.1, 0.15) is 5.75 Å². The third-order valence-electron chi connectivity index (χ3n) is 4.94. The zero-order valence-corrected chi connectivity index (χ0v) is 16.1. The standard InChI is InChI=1S/C22H22N2O2S/c1-26-19-10-4-2-7-16(19)12-13-21(25)24-14-6-8-17(15-24)22-23-18-9-3-5-11-20(18)27-22/h2-5,7,9-13,17H,6,8,14-15H2,1H3/b13-12+/t17-/m0/s1. The molecule has 1 atom stereocenters. The van der Waals surface area contributed by atoms with E-state index in [2.05, 4.69) is 12.1 Å². The number of methoxy groups -OCH3 is 1. The highest BCUT2D eigenvalue weighted by Crippen LogP contribution is 2.33. The van der Waals surface area contributed by atoms with Crippen LogP contribution < -0.4 is 4.74 Å². The Labute approximate surface area is 163 Å². The summed E-state index contributed by atoms with van der Waals surface area (Å²) in [6, 6.07) is 15.9. The van der Waals surface area contributed by atoms with Crippen molar-refractivity contribution >= 4 is 33.5 Å². The first-order chi connectivity index (χ1) is 13.2. The Bertz CT molecular complexity index is 946. The van der Waals surface area contributed by atoms with Crippen molar-refractivity contribution in [3.63, 3.8) is 0 Å². The van der Waals surface area contributed by atoms with Gasteiger partial charge in [-0.3, -0.25) is 4.79 Å². The van der Waals surface area contributed by atoms with Gasteiger partial charge in [-0.15, -0.1) is 11.3 Å². The van der Waals surface area contributed by atoms with Gasteiger partial charge in [-0.1, -0.05) is 30.3 Å². The number of para-hydroxylation sites is 2. The summed E-state index contributed by atoms with van der Waals surface area (Å²) >= 11 is 1.75. The Balaban J connectivity index is 1.47. The lowest BCUT2D eigenvalue weighted by Crippen LogP contribution is -2.38. The van der Waals surface area contributed by atoms with E-state index in [1.807, 2.05) is 47.4 Å². The Morgan fingerprint density at radius 1 is 1.22 bits per heavy atom. The molecule has 0 spiro atoms. The number of nitrogens with zero attached hydrogens (tertiary/aromatic N) is 2. The van der Waals surface area contributed by atoms with E-state index in [-0.39, 0.29) is 5.91 Å². The first-order valence-electron chi connectivity index (χ1n) is 9.20. The molecule has 1 aliphatic heterocycles. The van der Waals surface area contributed by atoms with Crippen molar-refractivity contribution in [1.29, 1.82) is 0 Å². The Kier molecular flexibility index (Phi) is 5.21. The highest BCUT2D eigenvalue weighted by molar-refractivity contribution is 7.18. The molecule has 0 N–H and O–H groups in total. The molecule has 1 saturated heterocycles. The van der Waals surface area contributed by atoms with Gasteiger partial charge in [0, 0.05) is 30.6 Å². The van der Waals surface area contributed by atoms with Gasteiger partial charge in [-0.05, 0) is 37.1 Å². The number of hydrogen-bond donors (Lipinski definition) is 0. The molecule has 4 rings (SSSR count). The molecular formula is C22H22N2O2S. The molecule has 2 aromatic carbocycles. The van der Waals surface area contributed by atoms with Crippen molar-refractivity contribution in [3.05, 3.63) is 65.2 Å². The van der Waals surface area contributed by atoms with Crippen LogP contribution in [0.25, 0.3) is 16.3 Å². The second kappa shape index (κ2) is 7.92. The van der Waals surface area contributed by atoms with Crippen LogP contribution in [0.3, 0.4) is 0 Å². The van der Waals surface area contributed by atoms with Crippen LogP contribution >= 0.6 is 11.3 Å². The number of carbonyl (C=O) groups is 1. The lowest BCUT2D eigenvalue weighted by Gasteiger charge is -2.31. The molecule has 1 amide bonds. The number of likely N-dealkylation sites (tertiary alicyclic amines) is 1. The maximum Gasteiger partial charge on any atom is 0.246 e. The van der Waals surface area contributed by atoms with E-state index in [1.54, 1.807) is 24.5 Å². The maximum atomic E-state index is 12.7. The Morgan fingerprint density at radius 3 is 2.89 bits per heavy atom. The largest absolute Gasteiger partial charge is 0.496 e. The number of rotatable bonds is 4. The topological polar surface area (TPSA) is 42.4 Å². The number of amides is 1. The zero-order valence-electron chi connectivity index (χ0n) is 15.3. The minimum absolute atomic E-state index is 0.0479. The monoisotopic (exact) mass is 378 g/mol. The van der Waals surface area contributed by atoms with Crippen LogP contribution in [0.5, 0.6) is 5.75 Å². The summed E-state index contributed by atoms with van der Waals surface area (Å²) in [6.45, 7) is 1.53. The number of benzene rings is 2. The lowest BCUT2D eigenvalue weighted by atomic mass is 9.98. The summed E-state index contributed by atoms with van der Waals surface area (Å²) in [7, 11) is 1.64. The molecule has 3 aromatic rings. The number of aromatic nitrogens is 1. The summed E-state index contributed by atoms with van der Waals surface area (Å²) in [5.74, 6) is 1.14. The van der Waals surface area contributed by atoms with Gasteiger partial charge in [0.05, 0.1) is 22.3 Å². The first kappa shape index (κ1) is 17.7. The fourth-order valence-electron chi connectivity index (χ4n) is 3.51. The molecular weight excluding hydrogens is 356 g/mol. The molecule has 138 valence electrons. The molecule has 0 saturated carbocycles. The second-order valence-electron chi connectivity index (χ2n) is 6.72. The molecule has 1 aromatic heterocycles. The van der Waals surface area contributed by atoms with E-state index < -0.39 is 0 Å². The van der Waals surface area contributed by atoms with Crippen molar-refractivity contribution in [2.45, 2.75) is 18.8 Å². The zero-order chi connectivity index (χ0) is 18.6. The first-order valence-corrected chi connectivity index (χ1v) is 10.0. The van der Waals surface area contributed by atoms with Crippen molar-refractivity contribution in [1.82, 2.24) is 9.88 Å². The number of fused-ring (bicyclic) bond motifs is 1. The van der Waals surface area contributed by atoms with Gasteiger partial charge in [-0.25, -0.2) is 4.98 Å². The summed E-state index contributed by atoms with van der Waals surface area (Å²) in [5.41, 5.74) is 1.96. The smallest absolute Gasteiger partial charge is 0.246 e. The normalized spacial score (nSPS) is 17.5. The maximum absolute atomic E-state index is 12.7. The minimum atomic E-state index is 0.0479. The van der Waals surface area contributed by atoms with Gasteiger partial charge in [0.15, 0.2) is 0 Å². The third kappa shape index (κ3) is 3.88. The number of piperidine rings is 1. The van der Waals surface area contributed by atoms with Crippen molar-refractivity contribution in [2.75, 3.05) is 20.2 Å². The number of carbonyl (C=O) groups excluding carboxylic acids is 1. The Hall–Kier alpha value is -2.66. The van der Waals surface area contributed by atoms with E-state index in [1.165, 1.54) is 4.70 Å². The van der Waals surface area contributed by atoms with Gasteiger partial charge >= 0.3 is 0 Å². The second-order valence-corrected chi connectivity index (χ2v) is 7.78. The van der Waals surface area contributed by atoms with Crippen molar-refractivity contribution in [3.8, 4) is 5.75 Å². The fraction of sp³-hybridized carbons (Fsp3) is 0.273. The summed E-state index contributed by atoms with van der Waals surface area (Å²) in [5, 5.41) is 1.14. The predicted octanol–water partition coefficient (Wildman–Crippen LogP) is 4.72. The van der Waals surface area contributed by atoms with Crippen LogP contribution in [0.15, 0.2) is 54.6 Å². The highest BCUT2D eigenvalue weighted by Gasteiger charge is 2.26. The minimum Gasteiger partial charge on any atom is -0.496 e. The quantitative estimate of drug-likeness (QED) is 0.617. The van der Waals surface area contributed by atoms with Crippen molar-refractivity contribution in [2.24, 2.45) is 0 Å². The molecule has 1 fully saturated rings. The molecule has 4 nitrogen and oxygen atoms in total. The van der Waals surface area contributed by atoms with Crippen LogP contribution in [0, 0.1) is 0 Å². The molecule has 2 heterocycles. The molecule has 0 aliphatic carbocycles.